The van der Waals surface area contributed by atoms with Gasteiger partial charge in [0.15, 0.2) is 9.84 Å². The first-order valence-corrected chi connectivity index (χ1v) is 6.30. The maximum atomic E-state index is 11.1. The van der Waals surface area contributed by atoms with E-state index in [1.165, 1.54) is 7.11 Å². The van der Waals surface area contributed by atoms with Crippen molar-refractivity contribution in [2.75, 3.05) is 18.6 Å². The van der Waals surface area contributed by atoms with Gasteiger partial charge in [-0.2, -0.15) is 0 Å². The Balaban J connectivity index is 2.43. The summed E-state index contributed by atoms with van der Waals surface area (Å²) in [5.41, 5.74) is 5.53. The van der Waals surface area contributed by atoms with E-state index in [-0.39, 0.29) is 17.4 Å². The van der Waals surface area contributed by atoms with Crippen LogP contribution in [-0.4, -0.2) is 39.0 Å². The lowest BCUT2D eigenvalue weighted by molar-refractivity contribution is -0.142. The van der Waals surface area contributed by atoms with Crippen molar-refractivity contribution in [1.82, 2.24) is 0 Å². The molecule has 1 aliphatic heterocycles. The molecule has 1 fully saturated rings. The molecule has 1 rings (SSSR count). The van der Waals surface area contributed by atoms with Crippen LogP contribution in [0.25, 0.3) is 0 Å². The summed E-state index contributed by atoms with van der Waals surface area (Å²) in [6, 6.07) is -0.696. The first-order chi connectivity index (χ1) is 6.44. The maximum absolute atomic E-state index is 11.1. The highest BCUT2D eigenvalue weighted by atomic mass is 32.2. The second kappa shape index (κ2) is 4.27. The lowest BCUT2D eigenvalue weighted by atomic mass is 10.0. The Bertz CT molecular complexity index is 311. The van der Waals surface area contributed by atoms with Crippen molar-refractivity contribution in [3.63, 3.8) is 0 Å². The molecule has 82 valence electrons. The standard InChI is InChI=1S/C8H15NO4S/c1-13-8(10)7(9)4-6-2-3-14(11,12)5-6/h6-7H,2-5,9H2,1H3. The molecule has 1 saturated heterocycles. The predicted octanol–water partition coefficient (Wildman–Crippen LogP) is -0.688. The van der Waals surface area contributed by atoms with Crippen LogP contribution in [0.5, 0.6) is 0 Å². The van der Waals surface area contributed by atoms with Gasteiger partial charge in [0.1, 0.15) is 6.04 Å². The van der Waals surface area contributed by atoms with E-state index in [4.69, 9.17) is 5.73 Å². The minimum absolute atomic E-state index is 0.00843. The van der Waals surface area contributed by atoms with Crippen LogP contribution >= 0.6 is 0 Å². The zero-order chi connectivity index (χ0) is 10.8. The van der Waals surface area contributed by atoms with Crippen LogP contribution in [0.4, 0.5) is 0 Å². The second-order valence-electron chi connectivity index (χ2n) is 3.63. The molecular formula is C8H15NO4S. The summed E-state index contributed by atoms with van der Waals surface area (Å²) in [5.74, 6) is -0.105. The van der Waals surface area contributed by atoms with Crippen molar-refractivity contribution in [1.29, 1.82) is 0 Å². The maximum Gasteiger partial charge on any atom is 0.322 e. The lowest BCUT2D eigenvalue weighted by Gasteiger charge is -2.12. The molecule has 0 aromatic rings. The van der Waals surface area contributed by atoms with E-state index in [0.29, 0.717) is 12.8 Å². The Hall–Kier alpha value is -0.620. The number of esters is 1. The molecule has 0 radical (unpaired) electrons. The number of carbonyl (C=O) groups is 1. The van der Waals surface area contributed by atoms with Gasteiger partial charge in [-0.05, 0) is 18.8 Å². The number of carbonyl (C=O) groups excluding carboxylic acids is 1. The fourth-order valence-corrected chi connectivity index (χ4v) is 3.54. The molecule has 5 nitrogen and oxygen atoms in total. The molecule has 0 spiro atoms. The Morgan fingerprint density at radius 2 is 2.29 bits per heavy atom. The lowest BCUT2D eigenvalue weighted by Crippen LogP contribution is -2.33. The van der Waals surface area contributed by atoms with Crippen molar-refractivity contribution in [3.8, 4) is 0 Å². The normalized spacial score (nSPS) is 27.1. The number of hydrogen-bond acceptors (Lipinski definition) is 5. The van der Waals surface area contributed by atoms with Crippen LogP contribution in [0.1, 0.15) is 12.8 Å². The molecule has 0 aromatic carbocycles. The van der Waals surface area contributed by atoms with Crippen molar-refractivity contribution in [3.05, 3.63) is 0 Å². The van der Waals surface area contributed by atoms with Crippen LogP contribution in [0.3, 0.4) is 0 Å². The number of ether oxygens (including phenoxy) is 1. The number of hydrogen-bond donors (Lipinski definition) is 1. The van der Waals surface area contributed by atoms with Gasteiger partial charge in [0.2, 0.25) is 0 Å². The van der Waals surface area contributed by atoms with Gasteiger partial charge >= 0.3 is 5.97 Å². The van der Waals surface area contributed by atoms with Crippen molar-refractivity contribution < 1.29 is 17.9 Å². The number of rotatable bonds is 3. The van der Waals surface area contributed by atoms with E-state index < -0.39 is 21.8 Å². The Labute approximate surface area is 83.5 Å². The van der Waals surface area contributed by atoms with E-state index in [2.05, 4.69) is 4.74 Å². The minimum Gasteiger partial charge on any atom is -0.468 e. The summed E-state index contributed by atoms with van der Waals surface area (Å²) in [5, 5.41) is 0. The highest BCUT2D eigenvalue weighted by Gasteiger charge is 2.30. The quantitative estimate of drug-likeness (QED) is 0.637. The topological polar surface area (TPSA) is 86.5 Å². The third-order valence-corrected chi connectivity index (χ3v) is 4.25. The molecule has 0 bridgehead atoms. The second-order valence-corrected chi connectivity index (χ2v) is 5.86. The minimum atomic E-state index is -2.88. The number of nitrogens with two attached hydrogens (primary N) is 1. The predicted molar refractivity (Wildman–Crippen MR) is 51.4 cm³/mol. The first kappa shape index (κ1) is 11.5. The summed E-state index contributed by atoms with van der Waals surface area (Å²) in [6.45, 7) is 0. The molecule has 2 atom stereocenters. The highest BCUT2D eigenvalue weighted by molar-refractivity contribution is 7.91. The smallest absolute Gasteiger partial charge is 0.322 e. The Kier molecular flexibility index (Phi) is 3.49. The van der Waals surface area contributed by atoms with E-state index in [1.54, 1.807) is 0 Å². The molecule has 14 heavy (non-hydrogen) atoms. The Morgan fingerprint density at radius 1 is 1.64 bits per heavy atom. The van der Waals surface area contributed by atoms with Gasteiger partial charge in [-0.1, -0.05) is 0 Å². The highest BCUT2D eigenvalue weighted by Crippen LogP contribution is 2.22. The van der Waals surface area contributed by atoms with Crippen LogP contribution in [0, 0.1) is 5.92 Å². The number of methoxy groups -OCH3 is 1. The van der Waals surface area contributed by atoms with Gasteiger partial charge in [-0.3, -0.25) is 4.79 Å². The molecule has 0 aliphatic carbocycles. The van der Waals surface area contributed by atoms with Crippen LogP contribution in [0.15, 0.2) is 0 Å². The summed E-state index contributed by atoms with van der Waals surface area (Å²) < 4.78 is 26.7. The summed E-state index contributed by atoms with van der Waals surface area (Å²) >= 11 is 0. The van der Waals surface area contributed by atoms with Gasteiger partial charge in [-0.15, -0.1) is 0 Å². The van der Waals surface area contributed by atoms with E-state index in [9.17, 15) is 13.2 Å². The first-order valence-electron chi connectivity index (χ1n) is 4.48. The van der Waals surface area contributed by atoms with E-state index >= 15 is 0 Å². The molecule has 1 aliphatic rings. The van der Waals surface area contributed by atoms with Crippen LogP contribution < -0.4 is 5.73 Å². The molecule has 0 saturated carbocycles. The fourth-order valence-electron chi connectivity index (χ4n) is 1.66. The van der Waals surface area contributed by atoms with Gasteiger partial charge in [0, 0.05) is 0 Å². The van der Waals surface area contributed by atoms with Crippen LogP contribution in [-0.2, 0) is 19.4 Å². The van der Waals surface area contributed by atoms with Crippen molar-refractivity contribution in [2.45, 2.75) is 18.9 Å². The van der Waals surface area contributed by atoms with Gasteiger partial charge in [-0.25, -0.2) is 8.42 Å². The monoisotopic (exact) mass is 221 g/mol. The third-order valence-electron chi connectivity index (χ3n) is 2.42. The summed E-state index contributed by atoms with van der Waals surface area (Å²) in [7, 11) is -1.61. The van der Waals surface area contributed by atoms with Gasteiger partial charge in [0.05, 0.1) is 18.6 Å². The Morgan fingerprint density at radius 3 is 2.71 bits per heavy atom. The average molecular weight is 221 g/mol. The van der Waals surface area contributed by atoms with Crippen molar-refractivity contribution in [2.24, 2.45) is 11.7 Å². The van der Waals surface area contributed by atoms with Gasteiger partial charge < -0.3 is 10.5 Å². The molecular weight excluding hydrogens is 206 g/mol. The average Bonchev–Trinajstić information content (AvgIpc) is 2.44. The zero-order valence-electron chi connectivity index (χ0n) is 8.10. The SMILES string of the molecule is COC(=O)C(N)CC1CCS(=O)(=O)C1. The molecule has 2 N–H and O–H groups in total. The molecule has 1 heterocycles. The van der Waals surface area contributed by atoms with E-state index in [0.717, 1.165) is 0 Å². The summed E-state index contributed by atoms with van der Waals surface area (Å²) in [6.07, 6.45) is 0.999. The largest absolute Gasteiger partial charge is 0.468 e. The third kappa shape index (κ3) is 2.95. The molecule has 0 aromatic heterocycles. The van der Waals surface area contributed by atoms with Crippen LogP contribution in [0.2, 0.25) is 0 Å². The number of sulfone groups is 1. The zero-order valence-corrected chi connectivity index (χ0v) is 8.92. The molecule has 0 amide bonds. The van der Waals surface area contributed by atoms with E-state index in [1.807, 2.05) is 0 Å². The van der Waals surface area contributed by atoms with Crippen molar-refractivity contribution >= 4 is 15.8 Å². The van der Waals surface area contributed by atoms with Gasteiger partial charge in [0.25, 0.3) is 0 Å². The summed E-state index contributed by atoms with van der Waals surface area (Å²) in [4.78, 5) is 11.0. The molecule has 2 unspecified atom stereocenters. The molecule has 6 heteroatoms. The fraction of sp³-hybridized carbons (Fsp3) is 0.875.